The van der Waals surface area contributed by atoms with E-state index in [0.717, 1.165) is 74.3 Å². The molecule has 0 aliphatic carbocycles. The first kappa shape index (κ1) is 32.4. The molecule has 4 aliphatic rings. The molecule has 4 saturated heterocycles. The van der Waals surface area contributed by atoms with Crippen LogP contribution in [-0.2, 0) is 26.2 Å². The molecular weight excluding hydrogens is 607 g/mol. The summed E-state index contributed by atoms with van der Waals surface area (Å²) in [5.41, 5.74) is 5.71. The summed E-state index contributed by atoms with van der Waals surface area (Å²) in [7, 11) is 0. The van der Waals surface area contributed by atoms with E-state index in [2.05, 4.69) is 66.7 Å². The van der Waals surface area contributed by atoms with Crippen molar-refractivity contribution in [3.63, 3.8) is 0 Å². The van der Waals surface area contributed by atoms with Crippen LogP contribution in [0.2, 0.25) is 0 Å². The number of fused-ring (bicyclic) bond motifs is 3. The summed E-state index contributed by atoms with van der Waals surface area (Å²) in [5.74, 6) is 0.725. The minimum atomic E-state index is -0.555. The minimum absolute atomic E-state index is 0.0740. The number of H-pyrrole nitrogens is 1. The maximum atomic E-state index is 14.0. The lowest BCUT2D eigenvalue weighted by molar-refractivity contribution is -0.142. The molecule has 3 aromatic rings. The van der Waals surface area contributed by atoms with Gasteiger partial charge in [0.05, 0.1) is 11.1 Å². The maximum absolute atomic E-state index is 14.0. The Morgan fingerprint density at radius 1 is 0.830 bits per heavy atom. The van der Waals surface area contributed by atoms with E-state index in [1.54, 1.807) is 18.3 Å². The van der Waals surface area contributed by atoms with E-state index in [1.165, 1.54) is 33.3 Å². The number of thiophene rings is 1. The second kappa shape index (κ2) is 12.7. The Balaban J connectivity index is 1.08. The molecule has 8 nitrogen and oxygen atoms in total. The number of aromatic nitrogens is 1. The number of hydrogen-bond donors (Lipinski definition) is 1. The zero-order valence-electron chi connectivity index (χ0n) is 28.9. The highest BCUT2D eigenvalue weighted by Crippen LogP contribution is 2.44. The van der Waals surface area contributed by atoms with Gasteiger partial charge in [-0.2, -0.15) is 0 Å². The molecule has 0 saturated carbocycles. The number of piperazine rings is 1. The van der Waals surface area contributed by atoms with Crippen LogP contribution in [0.15, 0.2) is 24.3 Å². The molecule has 1 N–H and O–H groups in total. The molecule has 252 valence electrons. The standard InChI is InChI=1S/C38H51N5O3S/c1-24-20-25(2)22-28(21-24)34-31(12-15-40-13-10-27(11-14-40)36(45)42-18-16-41(17-19-42)26(3)44)32-23-33(47-35(32)39-34)38(4,5)37(46)43-29-6-7-30(43)9-8-29/h20-23,27,29-30,39H,6-19H2,1-5H3. The van der Waals surface area contributed by atoms with E-state index in [0.29, 0.717) is 44.2 Å². The van der Waals surface area contributed by atoms with Gasteiger partial charge in [-0.25, -0.2) is 0 Å². The molecule has 4 aliphatic heterocycles. The quantitative estimate of drug-likeness (QED) is 0.344. The maximum Gasteiger partial charge on any atom is 0.233 e. The molecule has 7 rings (SSSR count). The first-order valence-electron chi connectivity index (χ1n) is 17.8. The Bertz CT molecular complexity index is 1630. The lowest BCUT2D eigenvalue weighted by Crippen LogP contribution is -2.52. The second-order valence-corrected chi connectivity index (χ2v) is 16.3. The molecule has 6 heterocycles. The summed E-state index contributed by atoms with van der Waals surface area (Å²) in [4.78, 5) is 53.7. The average molecular weight is 658 g/mol. The van der Waals surface area contributed by atoms with Gasteiger partial charge in [0.25, 0.3) is 0 Å². The summed E-state index contributed by atoms with van der Waals surface area (Å²) in [5, 5.41) is 1.25. The van der Waals surface area contributed by atoms with Crippen LogP contribution in [0.25, 0.3) is 21.5 Å². The molecule has 9 heteroatoms. The Morgan fingerprint density at radius 3 is 2.02 bits per heavy atom. The number of aromatic amines is 1. The molecule has 0 unspecified atom stereocenters. The predicted octanol–water partition coefficient (Wildman–Crippen LogP) is 5.89. The van der Waals surface area contributed by atoms with Gasteiger partial charge in [0.2, 0.25) is 17.7 Å². The van der Waals surface area contributed by atoms with Crippen molar-refractivity contribution in [3.8, 4) is 11.3 Å². The van der Waals surface area contributed by atoms with Crippen molar-refractivity contribution in [1.29, 1.82) is 0 Å². The Morgan fingerprint density at radius 2 is 1.43 bits per heavy atom. The fraction of sp³-hybridized carbons (Fsp3) is 0.605. The first-order chi connectivity index (χ1) is 22.5. The molecule has 0 spiro atoms. The van der Waals surface area contributed by atoms with Gasteiger partial charge in [0, 0.05) is 67.9 Å². The lowest BCUT2D eigenvalue weighted by Gasteiger charge is -2.38. The van der Waals surface area contributed by atoms with Crippen molar-refractivity contribution in [3.05, 3.63) is 45.8 Å². The number of rotatable bonds is 7. The van der Waals surface area contributed by atoms with Crippen LogP contribution in [-0.4, -0.2) is 100 Å². The molecule has 0 atom stereocenters. The topological polar surface area (TPSA) is 80.0 Å². The molecule has 0 radical (unpaired) electrons. The van der Waals surface area contributed by atoms with E-state index in [4.69, 9.17) is 0 Å². The number of carbonyl (C=O) groups excluding carboxylic acids is 3. The van der Waals surface area contributed by atoms with Crippen molar-refractivity contribution < 1.29 is 14.4 Å². The molecule has 4 fully saturated rings. The Kier molecular flexibility index (Phi) is 8.75. The highest BCUT2D eigenvalue weighted by molar-refractivity contribution is 7.19. The number of likely N-dealkylation sites (tertiary alicyclic amines) is 1. The number of carbonyl (C=O) groups is 3. The van der Waals surface area contributed by atoms with E-state index >= 15 is 0 Å². The molecular formula is C38H51N5O3S. The molecule has 2 bridgehead atoms. The van der Waals surface area contributed by atoms with Crippen LogP contribution in [0.4, 0.5) is 0 Å². The van der Waals surface area contributed by atoms with Crippen LogP contribution < -0.4 is 0 Å². The number of hydrogen-bond acceptors (Lipinski definition) is 5. The molecule has 2 aromatic heterocycles. The zero-order valence-corrected chi connectivity index (χ0v) is 29.7. The third-order valence-corrected chi connectivity index (χ3v) is 13.0. The normalized spacial score (nSPS) is 22.5. The van der Waals surface area contributed by atoms with E-state index in [-0.39, 0.29) is 17.7 Å². The van der Waals surface area contributed by atoms with Crippen molar-refractivity contribution in [2.45, 2.75) is 97.1 Å². The molecule has 47 heavy (non-hydrogen) atoms. The Hall–Kier alpha value is -3.17. The fourth-order valence-corrected chi connectivity index (χ4v) is 9.99. The van der Waals surface area contributed by atoms with Gasteiger partial charge in [-0.15, -0.1) is 11.3 Å². The third kappa shape index (κ3) is 6.14. The minimum Gasteiger partial charge on any atom is -0.346 e. The van der Waals surface area contributed by atoms with Crippen molar-refractivity contribution in [1.82, 2.24) is 24.6 Å². The third-order valence-electron chi connectivity index (χ3n) is 11.6. The van der Waals surface area contributed by atoms with Gasteiger partial charge in [-0.3, -0.25) is 14.4 Å². The van der Waals surface area contributed by atoms with Crippen LogP contribution >= 0.6 is 11.3 Å². The van der Waals surface area contributed by atoms with E-state index in [1.807, 2.05) is 9.80 Å². The van der Waals surface area contributed by atoms with Gasteiger partial charge >= 0.3 is 0 Å². The highest BCUT2D eigenvalue weighted by atomic mass is 32.1. The Labute approximate surface area is 283 Å². The average Bonchev–Trinajstić information content (AvgIpc) is 3.84. The largest absolute Gasteiger partial charge is 0.346 e. The molecule has 1 aromatic carbocycles. The van der Waals surface area contributed by atoms with Crippen LogP contribution in [0.3, 0.4) is 0 Å². The van der Waals surface area contributed by atoms with Crippen LogP contribution in [0.1, 0.15) is 80.9 Å². The van der Waals surface area contributed by atoms with Crippen LogP contribution in [0.5, 0.6) is 0 Å². The summed E-state index contributed by atoms with van der Waals surface area (Å²) >= 11 is 1.75. The number of nitrogens with zero attached hydrogens (tertiary/aromatic N) is 4. The van der Waals surface area contributed by atoms with Crippen molar-refractivity contribution >= 4 is 39.3 Å². The molecule has 3 amide bonds. The van der Waals surface area contributed by atoms with Gasteiger partial charge in [-0.05, 0) is 115 Å². The first-order valence-corrected chi connectivity index (χ1v) is 18.6. The number of amides is 3. The van der Waals surface area contributed by atoms with Crippen molar-refractivity contribution in [2.75, 3.05) is 45.8 Å². The summed E-state index contributed by atoms with van der Waals surface area (Å²) in [6.07, 6.45) is 7.31. The number of piperidine rings is 1. The van der Waals surface area contributed by atoms with Gasteiger partial charge < -0.3 is 24.6 Å². The summed E-state index contributed by atoms with van der Waals surface area (Å²) < 4.78 is 0. The number of benzene rings is 1. The van der Waals surface area contributed by atoms with E-state index < -0.39 is 5.41 Å². The van der Waals surface area contributed by atoms with Crippen LogP contribution in [0, 0.1) is 19.8 Å². The summed E-state index contributed by atoms with van der Waals surface area (Å²) in [6.45, 7) is 15.5. The summed E-state index contributed by atoms with van der Waals surface area (Å²) in [6, 6.07) is 9.94. The van der Waals surface area contributed by atoms with Gasteiger partial charge in [-0.1, -0.05) is 17.2 Å². The smallest absolute Gasteiger partial charge is 0.233 e. The SMILES string of the molecule is CC(=O)N1CCN(C(=O)C2CCN(CCc3c(-c4cc(C)cc(C)c4)[nH]c4sc(C(C)(C)C(=O)N5C6CCC5CC6)cc34)CC2)CC1. The number of nitrogens with one attached hydrogen (secondary N) is 1. The monoisotopic (exact) mass is 657 g/mol. The van der Waals surface area contributed by atoms with E-state index in [9.17, 15) is 14.4 Å². The van der Waals surface area contributed by atoms with Crippen molar-refractivity contribution in [2.24, 2.45) is 5.92 Å². The predicted molar refractivity (Wildman–Crippen MR) is 189 cm³/mol. The van der Waals surface area contributed by atoms with Gasteiger partial charge in [0.15, 0.2) is 0 Å². The second-order valence-electron chi connectivity index (χ2n) is 15.2. The number of aryl methyl sites for hydroxylation is 2. The lowest BCUT2D eigenvalue weighted by atomic mass is 9.88. The fourth-order valence-electron chi connectivity index (χ4n) is 8.81. The van der Waals surface area contributed by atoms with Gasteiger partial charge in [0.1, 0.15) is 4.83 Å². The zero-order chi connectivity index (χ0) is 33.0. The highest BCUT2D eigenvalue weighted by Gasteiger charge is 2.47.